The number of benzene rings is 3. The van der Waals surface area contributed by atoms with Crippen molar-refractivity contribution in [2.45, 2.75) is 29.1 Å². The van der Waals surface area contributed by atoms with Crippen LogP contribution in [0.5, 0.6) is 5.75 Å². The number of ether oxygens (including phenoxy) is 1. The summed E-state index contributed by atoms with van der Waals surface area (Å²) in [6.07, 6.45) is 5.42. The first-order chi connectivity index (χ1) is 21.5. The molecule has 6 aromatic rings. The van der Waals surface area contributed by atoms with Crippen molar-refractivity contribution < 1.29 is 18.7 Å². The van der Waals surface area contributed by atoms with Gasteiger partial charge in [0.05, 0.1) is 18.2 Å². The molecule has 0 saturated carbocycles. The Morgan fingerprint density at radius 3 is 2.70 bits per heavy atom. The number of carbonyl (C=O) groups excluding carboxylic acids is 2. The van der Waals surface area contributed by atoms with Crippen molar-refractivity contribution in [3.63, 3.8) is 0 Å². The van der Waals surface area contributed by atoms with Gasteiger partial charge in [-0.25, -0.2) is 14.5 Å². The van der Waals surface area contributed by atoms with E-state index in [9.17, 15) is 9.59 Å². The zero-order valence-electron chi connectivity index (χ0n) is 23.8. The summed E-state index contributed by atoms with van der Waals surface area (Å²) in [5.41, 5.74) is 9.23. The third-order valence-electron chi connectivity index (χ3n) is 7.81. The van der Waals surface area contributed by atoms with Gasteiger partial charge in [-0.2, -0.15) is 0 Å². The second-order valence-corrected chi connectivity index (χ2v) is 12.5. The number of oxazole rings is 1. The highest BCUT2D eigenvalue weighted by atomic mass is 32.2. The van der Waals surface area contributed by atoms with Gasteiger partial charge < -0.3 is 19.8 Å². The van der Waals surface area contributed by atoms with Crippen LogP contribution in [0.3, 0.4) is 0 Å². The van der Waals surface area contributed by atoms with Crippen LogP contribution < -0.4 is 10.5 Å². The van der Waals surface area contributed by atoms with Gasteiger partial charge in [-0.1, -0.05) is 77.7 Å². The lowest BCUT2D eigenvalue weighted by Gasteiger charge is -2.30. The van der Waals surface area contributed by atoms with Crippen LogP contribution in [0.15, 0.2) is 87.8 Å². The molecular formula is C32H28N6O4S2. The summed E-state index contributed by atoms with van der Waals surface area (Å²) >= 11 is 3.08. The summed E-state index contributed by atoms with van der Waals surface area (Å²) in [4.78, 5) is 38.6. The van der Waals surface area contributed by atoms with Crippen molar-refractivity contribution in [1.29, 1.82) is 0 Å². The minimum Gasteiger partial charge on any atom is -0.489 e. The van der Waals surface area contributed by atoms with E-state index in [4.69, 9.17) is 19.9 Å². The van der Waals surface area contributed by atoms with Crippen molar-refractivity contribution in [1.82, 2.24) is 24.5 Å². The summed E-state index contributed by atoms with van der Waals surface area (Å²) in [6.45, 7) is 0.880. The lowest BCUT2D eigenvalue weighted by molar-refractivity contribution is -0.133. The van der Waals surface area contributed by atoms with E-state index >= 15 is 0 Å². The predicted octanol–water partition coefficient (Wildman–Crippen LogP) is 5.62. The smallest absolute Gasteiger partial charge is 0.249 e. The first kappa shape index (κ1) is 28.1. The van der Waals surface area contributed by atoms with E-state index in [1.54, 1.807) is 34.6 Å². The fourth-order valence-corrected chi connectivity index (χ4v) is 7.08. The highest BCUT2D eigenvalue weighted by Crippen LogP contribution is 2.34. The van der Waals surface area contributed by atoms with Crippen LogP contribution in [-0.2, 0) is 4.79 Å². The molecule has 2 N–H and O–H groups in total. The van der Waals surface area contributed by atoms with E-state index in [0.29, 0.717) is 46.1 Å². The number of amides is 2. The Balaban J connectivity index is 1.14. The number of likely N-dealkylation sites (tertiary alicyclic amines) is 1. The maximum Gasteiger partial charge on any atom is 0.249 e. The molecule has 4 heterocycles. The Kier molecular flexibility index (Phi) is 7.52. The molecule has 0 unspecified atom stereocenters. The van der Waals surface area contributed by atoms with Gasteiger partial charge in [0.1, 0.15) is 18.1 Å². The molecule has 2 amide bonds. The van der Waals surface area contributed by atoms with Crippen LogP contribution in [0.2, 0.25) is 0 Å². The van der Waals surface area contributed by atoms with Gasteiger partial charge in [-0.15, -0.1) is 5.10 Å². The molecule has 10 nitrogen and oxygen atoms in total. The molecule has 3 aromatic heterocycles. The number of para-hydroxylation sites is 1. The molecular weight excluding hydrogens is 597 g/mol. The maximum atomic E-state index is 14.3. The van der Waals surface area contributed by atoms with Crippen LogP contribution in [0.25, 0.3) is 27.6 Å². The second kappa shape index (κ2) is 11.8. The first-order valence-corrected chi connectivity index (χ1v) is 16.2. The van der Waals surface area contributed by atoms with Gasteiger partial charge >= 0.3 is 0 Å². The number of fused-ring (bicyclic) bond motifs is 2. The zero-order valence-corrected chi connectivity index (χ0v) is 25.4. The Bertz CT molecular complexity index is 1950. The largest absolute Gasteiger partial charge is 0.489 e. The topological polar surface area (TPSA) is 129 Å². The van der Waals surface area contributed by atoms with Crippen molar-refractivity contribution in [2.24, 2.45) is 5.73 Å². The van der Waals surface area contributed by atoms with Crippen molar-refractivity contribution in [3.8, 4) is 17.3 Å². The lowest BCUT2D eigenvalue weighted by Crippen LogP contribution is -2.42. The molecule has 222 valence electrons. The fraction of sp³-hybridized carbons (Fsp3) is 0.219. The minimum absolute atomic E-state index is 0.0871. The molecule has 44 heavy (non-hydrogen) atoms. The molecule has 0 spiro atoms. The van der Waals surface area contributed by atoms with Gasteiger partial charge in [-0.05, 0) is 48.4 Å². The average molecular weight is 625 g/mol. The van der Waals surface area contributed by atoms with E-state index < -0.39 is 11.8 Å². The number of nitrogens with two attached hydrogens (primary N) is 1. The number of thioether (sulfide) groups is 1. The average Bonchev–Trinajstić information content (AvgIpc) is 3.83. The van der Waals surface area contributed by atoms with Crippen LogP contribution >= 0.6 is 23.1 Å². The molecule has 0 aliphatic carbocycles. The summed E-state index contributed by atoms with van der Waals surface area (Å²) in [5.74, 6) is -0.369. The number of hydrogen-bond acceptors (Lipinski definition) is 9. The van der Waals surface area contributed by atoms with Crippen molar-refractivity contribution >= 4 is 51.0 Å². The molecule has 2 atom stereocenters. The fourth-order valence-electron chi connectivity index (χ4n) is 5.74. The molecule has 3 aromatic carbocycles. The number of nitrogens with zero attached hydrogens (tertiary/aromatic N) is 5. The monoisotopic (exact) mass is 624 g/mol. The van der Waals surface area contributed by atoms with E-state index in [-0.39, 0.29) is 18.6 Å². The van der Waals surface area contributed by atoms with Crippen molar-refractivity contribution in [2.75, 3.05) is 19.4 Å². The quantitative estimate of drug-likeness (QED) is 0.205. The third-order valence-corrected chi connectivity index (χ3v) is 9.71. The van der Waals surface area contributed by atoms with Gasteiger partial charge in [0, 0.05) is 12.1 Å². The Hall–Kier alpha value is -4.68. The lowest BCUT2D eigenvalue weighted by atomic mass is 9.86. The number of rotatable bonds is 9. The van der Waals surface area contributed by atoms with Gasteiger partial charge in [0.15, 0.2) is 15.4 Å². The van der Waals surface area contributed by atoms with Crippen LogP contribution in [0, 0.1) is 0 Å². The van der Waals surface area contributed by atoms with Crippen LogP contribution in [-0.4, -0.2) is 61.7 Å². The third kappa shape index (κ3) is 5.20. The molecule has 0 bridgehead atoms. The normalized spacial score (nSPS) is 15.7. The van der Waals surface area contributed by atoms with Gasteiger partial charge in [0.25, 0.3) is 0 Å². The molecule has 7 rings (SSSR count). The molecule has 0 radical (unpaired) electrons. The second-order valence-electron chi connectivity index (χ2n) is 10.5. The number of carbonyl (C=O) groups is 2. The van der Waals surface area contributed by atoms with Crippen LogP contribution in [0.1, 0.15) is 40.2 Å². The summed E-state index contributed by atoms with van der Waals surface area (Å²) < 4.78 is 15.0. The number of aromatic nitrogens is 4. The molecule has 1 aliphatic rings. The Labute approximate surface area is 260 Å². The molecule has 1 aliphatic heterocycles. The van der Waals surface area contributed by atoms with Gasteiger partial charge in [-0.3, -0.25) is 9.59 Å². The summed E-state index contributed by atoms with van der Waals surface area (Å²) in [7, 11) is 0. The number of primary amides is 1. The van der Waals surface area contributed by atoms with E-state index in [1.165, 1.54) is 11.3 Å². The first-order valence-electron chi connectivity index (χ1n) is 14.2. The molecule has 1 fully saturated rings. The zero-order chi connectivity index (χ0) is 30.2. The van der Waals surface area contributed by atoms with Crippen LogP contribution in [0.4, 0.5) is 0 Å². The number of imidazole rings is 1. The maximum absolute atomic E-state index is 14.3. The standard InChI is InChI=1S/C32H28N6O4S2/c1-43-32-36-38-17-23(34-31(38)44-32)29-35-27-24(14-7-15-25(27)42-29)41-18-20-11-8-16-37(20)30(40)26(19-9-3-2-4-10-19)21-12-5-6-13-22(21)28(33)39/h2-7,9-10,12-15,17,20,26H,8,11,16,18H2,1H3,(H2,33,39)/t20-,26-/m1/s1. The molecule has 1 saturated heterocycles. The predicted molar refractivity (Wildman–Crippen MR) is 169 cm³/mol. The SMILES string of the molecule is CSc1nn2cc(-c3nc4c(OC[C@H]5CCCN5C(=O)[C@H](c5ccccc5)c5ccccc5C(N)=O)cccc4o3)nc2s1. The van der Waals surface area contributed by atoms with E-state index in [2.05, 4.69) is 10.1 Å². The Morgan fingerprint density at radius 2 is 1.91 bits per heavy atom. The number of hydrogen-bond donors (Lipinski definition) is 1. The van der Waals surface area contributed by atoms with E-state index in [0.717, 1.165) is 27.7 Å². The minimum atomic E-state index is -0.673. The van der Waals surface area contributed by atoms with E-state index in [1.807, 2.05) is 71.8 Å². The summed E-state index contributed by atoms with van der Waals surface area (Å²) in [6, 6.07) is 22.0. The highest BCUT2D eigenvalue weighted by molar-refractivity contribution is 8.00. The Morgan fingerprint density at radius 1 is 1.09 bits per heavy atom. The molecule has 12 heteroatoms. The highest BCUT2D eigenvalue weighted by Gasteiger charge is 2.36. The summed E-state index contributed by atoms with van der Waals surface area (Å²) in [5, 5.41) is 4.49. The van der Waals surface area contributed by atoms with Crippen molar-refractivity contribution in [3.05, 3.63) is 95.7 Å². The van der Waals surface area contributed by atoms with Gasteiger partial charge in [0.2, 0.25) is 22.7 Å².